The third-order valence-electron chi connectivity index (χ3n) is 4.42. The van der Waals surface area contributed by atoms with Crippen molar-refractivity contribution in [2.45, 2.75) is 39.8 Å². The van der Waals surface area contributed by atoms with E-state index in [1.165, 1.54) is 16.7 Å². The van der Waals surface area contributed by atoms with Crippen LogP contribution in [0.25, 0.3) is 0 Å². The quantitative estimate of drug-likeness (QED) is 0.866. The molecule has 0 N–H and O–H groups in total. The lowest BCUT2D eigenvalue weighted by Gasteiger charge is -2.31. The molecule has 2 aromatic carbocycles. The summed E-state index contributed by atoms with van der Waals surface area (Å²) >= 11 is 0. The van der Waals surface area contributed by atoms with Gasteiger partial charge < -0.3 is 9.64 Å². The first-order chi connectivity index (χ1) is 11.0. The van der Waals surface area contributed by atoms with E-state index in [9.17, 15) is 4.79 Å². The Morgan fingerprint density at radius 1 is 1.13 bits per heavy atom. The summed E-state index contributed by atoms with van der Waals surface area (Å²) in [6.07, 6.45) is 0.444. The Morgan fingerprint density at radius 3 is 2.61 bits per heavy atom. The van der Waals surface area contributed by atoms with Crippen LogP contribution in [-0.2, 0) is 17.8 Å². The number of ether oxygens (including phenoxy) is 1. The van der Waals surface area contributed by atoms with E-state index in [0.29, 0.717) is 6.54 Å². The van der Waals surface area contributed by atoms with Crippen molar-refractivity contribution in [1.29, 1.82) is 0 Å². The van der Waals surface area contributed by atoms with E-state index < -0.39 is 6.10 Å². The van der Waals surface area contributed by atoms with Crippen molar-refractivity contribution < 1.29 is 9.53 Å². The maximum atomic E-state index is 12.7. The average Bonchev–Trinajstić information content (AvgIpc) is 2.56. The van der Waals surface area contributed by atoms with Gasteiger partial charge in [-0.1, -0.05) is 42.0 Å². The van der Waals surface area contributed by atoms with Gasteiger partial charge in [-0.3, -0.25) is 4.79 Å². The number of carbonyl (C=O) groups excluding carboxylic acids is 1. The predicted molar refractivity (Wildman–Crippen MR) is 91.6 cm³/mol. The van der Waals surface area contributed by atoms with Crippen LogP contribution in [-0.4, -0.2) is 23.5 Å². The topological polar surface area (TPSA) is 29.5 Å². The number of hydrogen-bond donors (Lipinski definition) is 0. The molecule has 0 saturated carbocycles. The molecular weight excluding hydrogens is 286 g/mol. The zero-order chi connectivity index (χ0) is 16.4. The molecule has 0 aliphatic carbocycles. The van der Waals surface area contributed by atoms with Crippen LogP contribution in [0.3, 0.4) is 0 Å². The van der Waals surface area contributed by atoms with Crippen LogP contribution in [0.4, 0.5) is 0 Å². The fraction of sp³-hybridized carbons (Fsp3) is 0.350. The van der Waals surface area contributed by atoms with Crippen molar-refractivity contribution in [3.63, 3.8) is 0 Å². The molecule has 0 bridgehead atoms. The Hall–Kier alpha value is -2.29. The number of rotatable bonds is 3. The summed E-state index contributed by atoms with van der Waals surface area (Å²) in [5.74, 6) is 0.841. The smallest absolute Gasteiger partial charge is 0.263 e. The van der Waals surface area contributed by atoms with E-state index in [2.05, 4.69) is 31.2 Å². The summed E-state index contributed by atoms with van der Waals surface area (Å²) < 4.78 is 5.91. The summed E-state index contributed by atoms with van der Waals surface area (Å²) in [6, 6.07) is 14.4. The summed E-state index contributed by atoms with van der Waals surface area (Å²) in [5.41, 5.74) is 4.85. The predicted octanol–water partition coefficient (Wildman–Crippen LogP) is 3.66. The molecule has 1 aliphatic rings. The highest BCUT2D eigenvalue weighted by molar-refractivity contribution is 5.81. The third-order valence-corrected chi connectivity index (χ3v) is 4.42. The third kappa shape index (κ3) is 3.39. The summed E-state index contributed by atoms with van der Waals surface area (Å²) in [4.78, 5) is 14.6. The summed E-state index contributed by atoms with van der Waals surface area (Å²) in [6.45, 7) is 7.33. The van der Waals surface area contributed by atoms with Gasteiger partial charge in [-0.2, -0.15) is 0 Å². The van der Waals surface area contributed by atoms with Crippen molar-refractivity contribution >= 4 is 5.91 Å². The minimum atomic E-state index is -0.471. The highest BCUT2D eigenvalue weighted by atomic mass is 16.5. The van der Waals surface area contributed by atoms with Crippen molar-refractivity contribution in [1.82, 2.24) is 4.90 Å². The van der Waals surface area contributed by atoms with E-state index in [4.69, 9.17) is 4.74 Å². The molecule has 0 unspecified atom stereocenters. The first kappa shape index (κ1) is 15.6. The van der Waals surface area contributed by atoms with Gasteiger partial charge in [-0.15, -0.1) is 0 Å². The number of benzene rings is 2. The van der Waals surface area contributed by atoms with Crippen molar-refractivity contribution in [3.8, 4) is 5.75 Å². The van der Waals surface area contributed by atoms with Crippen LogP contribution >= 0.6 is 0 Å². The molecule has 120 valence electrons. The number of nitrogens with zero attached hydrogens (tertiary/aromatic N) is 1. The second kappa shape index (κ2) is 6.45. The molecule has 23 heavy (non-hydrogen) atoms. The molecule has 3 heteroatoms. The van der Waals surface area contributed by atoms with Gasteiger partial charge in [0.05, 0.1) is 0 Å². The van der Waals surface area contributed by atoms with E-state index in [-0.39, 0.29) is 5.91 Å². The molecule has 2 aromatic rings. The summed E-state index contributed by atoms with van der Waals surface area (Å²) in [7, 11) is 0. The molecule has 3 rings (SSSR count). The second-order valence-corrected chi connectivity index (χ2v) is 6.31. The second-order valence-electron chi connectivity index (χ2n) is 6.31. The molecular formula is C20H23NO2. The maximum Gasteiger partial charge on any atom is 0.263 e. The van der Waals surface area contributed by atoms with Crippen LogP contribution in [0.1, 0.15) is 29.2 Å². The van der Waals surface area contributed by atoms with Gasteiger partial charge in [-0.25, -0.2) is 0 Å². The van der Waals surface area contributed by atoms with E-state index in [1.807, 2.05) is 36.9 Å². The zero-order valence-corrected chi connectivity index (χ0v) is 14.0. The average molecular weight is 309 g/mol. The number of aryl methyl sites for hydroxylation is 2. The van der Waals surface area contributed by atoms with Crippen molar-refractivity contribution in [2.24, 2.45) is 0 Å². The van der Waals surface area contributed by atoms with E-state index in [1.54, 1.807) is 0 Å². The molecule has 0 aromatic heterocycles. The van der Waals surface area contributed by atoms with Crippen molar-refractivity contribution in [2.75, 3.05) is 6.54 Å². The molecule has 1 atom stereocenters. The maximum absolute atomic E-state index is 12.7. The minimum Gasteiger partial charge on any atom is -0.481 e. The molecule has 1 heterocycles. The first-order valence-corrected chi connectivity index (χ1v) is 8.14. The number of fused-ring (bicyclic) bond motifs is 1. The minimum absolute atomic E-state index is 0.0551. The molecule has 1 aliphatic heterocycles. The molecule has 1 amide bonds. The monoisotopic (exact) mass is 309 g/mol. The molecule has 0 spiro atoms. The Morgan fingerprint density at radius 2 is 1.87 bits per heavy atom. The highest BCUT2D eigenvalue weighted by Crippen LogP contribution is 2.23. The highest BCUT2D eigenvalue weighted by Gasteiger charge is 2.25. The molecule has 0 saturated heterocycles. The van der Waals surface area contributed by atoms with Gasteiger partial charge in [0.15, 0.2) is 6.10 Å². The SMILES string of the molecule is Cc1ccc(O[C@@H](C)C(=O)N2CCc3ccccc3C2)c(C)c1. The fourth-order valence-electron chi connectivity index (χ4n) is 3.11. The van der Waals surface area contributed by atoms with E-state index in [0.717, 1.165) is 24.3 Å². The summed E-state index contributed by atoms with van der Waals surface area (Å²) in [5, 5.41) is 0. The van der Waals surface area contributed by atoms with Gasteiger partial charge in [0.1, 0.15) is 5.75 Å². The van der Waals surface area contributed by atoms with E-state index >= 15 is 0 Å². The van der Waals surface area contributed by atoms with Crippen molar-refractivity contribution in [3.05, 3.63) is 64.7 Å². The number of amides is 1. The van der Waals surface area contributed by atoms with Crippen LogP contribution < -0.4 is 4.74 Å². The van der Waals surface area contributed by atoms with Crippen LogP contribution in [0.15, 0.2) is 42.5 Å². The van der Waals surface area contributed by atoms with Crippen LogP contribution in [0, 0.1) is 13.8 Å². The molecule has 3 nitrogen and oxygen atoms in total. The lowest BCUT2D eigenvalue weighted by molar-refractivity contribution is -0.138. The Labute approximate surface area is 137 Å². The lowest BCUT2D eigenvalue weighted by Crippen LogP contribution is -2.43. The number of hydrogen-bond acceptors (Lipinski definition) is 2. The Kier molecular flexibility index (Phi) is 4.37. The Bertz CT molecular complexity index is 723. The normalized spacial score (nSPS) is 15.0. The zero-order valence-electron chi connectivity index (χ0n) is 14.0. The first-order valence-electron chi connectivity index (χ1n) is 8.14. The van der Waals surface area contributed by atoms with Gasteiger partial charge >= 0.3 is 0 Å². The standard InChI is InChI=1S/C20H23NO2/c1-14-8-9-19(15(2)12-14)23-16(3)20(22)21-11-10-17-6-4-5-7-18(17)13-21/h4-9,12,16H,10-11,13H2,1-3H3/t16-/m0/s1. The van der Waals surface area contributed by atoms with Gasteiger partial charge in [0.25, 0.3) is 5.91 Å². The number of carbonyl (C=O) groups is 1. The van der Waals surface area contributed by atoms with Crippen LogP contribution in [0.2, 0.25) is 0 Å². The van der Waals surface area contributed by atoms with Gasteiger partial charge in [-0.05, 0) is 49.9 Å². The fourth-order valence-corrected chi connectivity index (χ4v) is 3.11. The lowest BCUT2D eigenvalue weighted by atomic mass is 9.99. The largest absolute Gasteiger partial charge is 0.481 e. The van der Waals surface area contributed by atoms with Crippen LogP contribution in [0.5, 0.6) is 5.75 Å². The Balaban J connectivity index is 1.68. The van der Waals surface area contributed by atoms with Gasteiger partial charge in [0, 0.05) is 13.1 Å². The molecule has 0 radical (unpaired) electrons. The molecule has 0 fully saturated rings. The van der Waals surface area contributed by atoms with Gasteiger partial charge in [0.2, 0.25) is 0 Å².